The average Bonchev–Trinajstić information content (AvgIpc) is 3.77. The molecule has 3 aliphatic rings. The molecule has 2 unspecified atom stereocenters. The van der Waals surface area contributed by atoms with Crippen molar-refractivity contribution in [1.82, 2.24) is 20.0 Å². The van der Waals surface area contributed by atoms with Crippen LogP contribution in [0.2, 0.25) is 0 Å². The first-order valence-corrected chi connectivity index (χ1v) is 15.3. The summed E-state index contributed by atoms with van der Waals surface area (Å²) < 4.78 is 41.7. The quantitative estimate of drug-likeness (QED) is 0.172. The number of hydrogen-bond donors (Lipinski definition) is 3. The molecule has 2 aromatic carbocycles. The van der Waals surface area contributed by atoms with E-state index in [1.54, 1.807) is 30.3 Å². The predicted molar refractivity (Wildman–Crippen MR) is 154 cm³/mol. The predicted octanol–water partition coefficient (Wildman–Crippen LogP) is 0.305. The van der Waals surface area contributed by atoms with Crippen molar-refractivity contribution < 1.29 is 43.0 Å². The number of aromatic nitrogens is 4. The zero-order chi connectivity index (χ0) is 32.2. The Morgan fingerprint density at radius 2 is 1.80 bits per heavy atom. The van der Waals surface area contributed by atoms with Crippen molar-refractivity contribution in [2.45, 2.75) is 47.8 Å². The summed E-state index contributed by atoms with van der Waals surface area (Å²) in [5, 5.41) is 54.9. The summed E-state index contributed by atoms with van der Waals surface area (Å²) in [5.74, 6) is 0.00670. The Labute approximate surface area is 260 Å². The van der Waals surface area contributed by atoms with Gasteiger partial charge < -0.3 is 29.6 Å². The van der Waals surface area contributed by atoms with Gasteiger partial charge in [-0.3, -0.25) is 10.1 Å². The van der Waals surface area contributed by atoms with Crippen molar-refractivity contribution in [2.75, 3.05) is 10.9 Å². The first-order chi connectivity index (χ1) is 22.1. The molecule has 6 atom stereocenters. The summed E-state index contributed by atoms with van der Waals surface area (Å²) in [6.45, 7) is -0.409. The third-order valence-electron chi connectivity index (χ3n) is 7.93. The maximum atomic E-state index is 14.1. The highest BCUT2D eigenvalue weighted by molar-refractivity contribution is 7.93. The SMILES string of the molecule is O=[N+]([O-])C12ON=C(c3ccccc3OCc3cn([C@@H]4OC[C@H](O)[C@H](O)[C@H]4O)nn3)C1N(S(=O)(=O)c1ccccc1)c1ncccc12. The number of oxime groups is 1. The third kappa shape index (κ3) is 4.49. The van der Waals surface area contributed by atoms with E-state index in [0.29, 0.717) is 0 Å². The fourth-order valence-electron chi connectivity index (χ4n) is 5.71. The molecule has 1 saturated heterocycles. The lowest BCUT2D eigenvalue weighted by molar-refractivity contribution is -0.637. The molecule has 46 heavy (non-hydrogen) atoms. The minimum atomic E-state index is -4.43. The van der Waals surface area contributed by atoms with Crippen LogP contribution >= 0.6 is 0 Å². The Morgan fingerprint density at radius 1 is 1.04 bits per heavy atom. The van der Waals surface area contributed by atoms with Gasteiger partial charge in [-0.2, -0.15) is 0 Å². The Hall–Kier alpha value is -5.01. The number of benzene rings is 2. The molecule has 18 heteroatoms. The van der Waals surface area contributed by atoms with Gasteiger partial charge in [0.05, 0.1) is 22.6 Å². The molecule has 0 aliphatic carbocycles. The van der Waals surface area contributed by atoms with Crippen LogP contribution in [0.15, 0.2) is 89.2 Å². The number of ether oxygens (including phenoxy) is 2. The van der Waals surface area contributed by atoms with E-state index in [0.717, 1.165) is 4.31 Å². The van der Waals surface area contributed by atoms with E-state index in [1.165, 1.54) is 53.5 Å². The van der Waals surface area contributed by atoms with Gasteiger partial charge in [0.1, 0.15) is 47.6 Å². The van der Waals surface area contributed by atoms with Crippen molar-refractivity contribution >= 4 is 21.6 Å². The molecule has 238 valence electrons. The van der Waals surface area contributed by atoms with Crippen LogP contribution in [-0.2, 0) is 31.9 Å². The molecule has 7 rings (SSSR count). The van der Waals surface area contributed by atoms with Crippen LogP contribution in [0.3, 0.4) is 0 Å². The van der Waals surface area contributed by atoms with Crippen LogP contribution in [0.4, 0.5) is 5.82 Å². The molecule has 1 fully saturated rings. The highest BCUT2D eigenvalue weighted by atomic mass is 32.2. The Bertz CT molecular complexity index is 1940. The normalized spacial score (nSPS) is 27.0. The number of anilines is 1. The summed E-state index contributed by atoms with van der Waals surface area (Å²) in [4.78, 5) is 21.8. The third-order valence-corrected chi connectivity index (χ3v) is 9.70. The number of fused-ring (bicyclic) bond motifs is 3. The van der Waals surface area contributed by atoms with Gasteiger partial charge in [0.15, 0.2) is 12.0 Å². The summed E-state index contributed by atoms with van der Waals surface area (Å²) >= 11 is 0. The molecule has 0 radical (unpaired) electrons. The van der Waals surface area contributed by atoms with E-state index in [2.05, 4.69) is 20.5 Å². The van der Waals surface area contributed by atoms with E-state index in [9.17, 15) is 33.9 Å². The molecule has 2 aromatic heterocycles. The number of nitro groups is 1. The maximum Gasteiger partial charge on any atom is 0.440 e. The second-order valence-electron chi connectivity index (χ2n) is 10.7. The first kappa shape index (κ1) is 29.7. The largest absolute Gasteiger partial charge is 0.486 e. The summed E-state index contributed by atoms with van der Waals surface area (Å²) in [7, 11) is -4.43. The van der Waals surface area contributed by atoms with E-state index >= 15 is 0 Å². The Kier molecular flexibility index (Phi) is 7.17. The topological polar surface area (TPSA) is 225 Å². The van der Waals surface area contributed by atoms with Crippen LogP contribution in [0.25, 0.3) is 0 Å². The van der Waals surface area contributed by atoms with Crippen molar-refractivity contribution in [3.05, 3.63) is 106 Å². The number of pyridine rings is 1. The number of nitrogens with zero attached hydrogens (tertiary/aromatic N) is 7. The maximum absolute atomic E-state index is 14.1. The fraction of sp³-hybridized carbons (Fsp3) is 0.286. The van der Waals surface area contributed by atoms with Gasteiger partial charge in [0, 0.05) is 11.8 Å². The van der Waals surface area contributed by atoms with Gasteiger partial charge in [-0.25, -0.2) is 22.4 Å². The van der Waals surface area contributed by atoms with E-state index in [4.69, 9.17) is 14.3 Å². The van der Waals surface area contributed by atoms with E-state index < -0.39 is 51.3 Å². The number of para-hydroxylation sites is 1. The number of rotatable bonds is 8. The number of sulfonamides is 1. The van der Waals surface area contributed by atoms with Gasteiger partial charge in [-0.1, -0.05) is 40.7 Å². The number of hydrogen-bond acceptors (Lipinski definition) is 14. The smallest absolute Gasteiger partial charge is 0.440 e. The van der Waals surface area contributed by atoms with Crippen LogP contribution < -0.4 is 9.04 Å². The lowest BCUT2D eigenvalue weighted by atomic mass is 9.93. The first-order valence-electron chi connectivity index (χ1n) is 13.9. The van der Waals surface area contributed by atoms with E-state index in [1.807, 2.05) is 0 Å². The Balaban J connectivity index is 1.23. The average molecular weight is 652 g/mol. The minimum Gasteiger partial charge on any atom is -0.486 e. The van der Waals surface area contributed by atoms with Gasteiger partial charge >= 0.3 is 5.72 Å². The molecule has 3 N–H and O–H groups in total. The lowest BCUT2D eigenvalue weighted by Gasteiger charge is -2.34. The summed E-state index contributed by atoms with van der Waals surface area (Å²) in [6.07, 6.45) is -2.53. The molecule has 4 aromatic rings. The van der Waals surface area contributed by atoms with Gasteiger partial charge in [-0.15, -0.1) is 5.10 Å². The Morgan fingerprint density at radius 3 is 2.59 bits per heavy atom. The molecular formula is C28H25N7O10S. The van der Waals surface area contributed by atoms with Gasteiger partial charge in [0.2, 0.25) is 6.04 Å². The van der Waals surface area contributed by atoms with Gasteiger partial charge in [0.25, 0.3) is 10.0 Å². The highest BCUT2D eigenvalue weighted by Gasteiger charge is 2.73. The van der Waals surface area contributed by atoms with Crippen LogP contribution in [0, 0.1) is 10.1 Å². The van der Waals surface area contributed by atoms with Gasteiger partial charge in [-0.05, 0) is 36.4 Å². The minimum absolute atomic E-state index is 0.0805. The molecule has 0 saturated carbocycles. The molecule has 0 spiro atoms. The van der Waals surface area contributed by atoms with Crippen molar-refractivity contribution in [3.8, 4) is 5.75 Å². The molecule has 0 bridgehead atoms. The van der Waals surface area contributed by atoms with Crippen molar-refractivity contribution in [3.63, 3.8) is 0 Å². The number of aliphatic hydroxyl groups excluding tert-OH is 3. The van der Waals surface area contributed by atoms with E-state index in [-0.39, 0.29) is 52.2 Å². The van der Waals surface area contributed by atoms with Crippen LogP contribution in [0.5, 0.6) is 5.75 Å². The lowest BCUT2D eigenvalue weighted by Crippen LogP contribution is -2.53. The highest BCUT2D eigenvalue weighted by Crippen LogP contribution is 2.52. The molecular weight excluding hydrogens is 626 g/mol. The van der Waals surface area contributed by atoms with Crippen LogP contribution in [0.1, 0.15) is 23.0 Å². The summed E-state index contributed by atoms with van der Waals surface area (Å²) in [6, 6.07) is 15.1. The zero-order valence-electron chi connectivity index (χ0n) is 23.5. The molecule has 17 nitrogen and oxygen atoms in total. The van der Waals surface area contributed by atoms with Crippen molar-refractivity contribution in [2.24, 2.45) is 5.16 Å². The fourth-order valence-corrected chi connectivity index (χ4v) is 7.34. The second-order valence-corrected chi connectivity index (χ2v) is 12.5. The molecule has 3 aliphatic heterocycles. The van der Waals surface area contributed by atoms with Crippen LogP contribution in [-0.4, -0.2) is 85.3 Å². The number of aliphatic hydroxyl groups is 3. The molecule has 0 amide bonds. The standard InChI is InChI=1S/C28H25N7O10S/c36-20-15-44-27(24(38)23(20)37)33-13-16(30-32-33)14-43-21-11-5-4-9-18(21)22-25-28(35(39)40,45-31-22)19-10-6-12-29-26(19)34(25)46(41,42)17-7-2-1-3-8-17/h1-13,20,23-25,27,36-38H,14-15H2/t20-,23-,24+,25?,27+,28?/m0/s1. The zero-order valence-corrected chi connectivity index (χ0v) is 24.4. The monoisotopic (exact) mass is 651 g/mol. The second kappa shape index (κ2) is 11.1. The molecule has 5 heterocycles. The van der Waals surface area contributed by atoms with Crippen molar-refractivity contribution in [1.29, 1.82) is 0 Å². The summed E-state index contributed by atoms with van der Waals surface area (Å²) in [5.41, 5.74) is -2.10.